The molecule has 0 aliphatic rings. The Morgan fingerprint density at radius 2 is 2.19 bits per heavy atom. The Kier molecular flexibility index (Phi) is 4.26. The van der Waals surface area contributed by atoms with Crippen LogP contribution in [0.3, 0.4) is 0 Å². The van der Waals surface area contributed by atoms with Crippen LogP contribution in [0.1, 0.15) is 38.8 Å². The fourth-order valence-corrected chi connectivity index (χ4v) is 1.76. The van der Waals surface area contributed by atoms with Crippen molar-refractivity contribution in [1.29, 1.82) is 0 Å². The molecular formula is C12H21N3O. The molecule has 4 nitrogen and oxygen atoms in total. The van der Waals surface area contributed by atoms with Crippen LogP contribution in [0.5, 0.6) is 0 Å². The number of nitrogens with two attached hydrogens (primary N) is 2. The van der Waals surface area contributed by atoms with Crippen LogP contribution in [0.25, 0.3) is 0 Å². The van der Waals surface area contributed by atoms with E-state index in [1.807, 2.05) is 26.0 Å². The second-order valence-corrected chi connectivity index (χ2v) is 4.05. The second-order valence-electron chi connectivity index (χ2n) is 4.05. The highest BCUT2D eigenvalue weighted by molar-refractivity contribution is 5.41. The average molecular weight is 223 g/mol. The van der Waals surface area contributed by atoms with E-state index in [0.29, 0.717) is 12.4 Å². The fourth-order valence-electron chi connectivity index (χ4n) is 1.76. The summed E-state index contributed by atoms with van der Waals surface area (Å²) in [6, 6.07) is 3.49. The molecule has 0 fully saturated rings. The van der Waals surface area contributed by atoms with Crippen LogP contribution < -0.4 is 11.5 Å². The summed E-state index contributed by atoms with van der Waals surface area (Å²) >= 11 is 0. The topological polar surface area (TPSA) is 74.2 Å². The highest BCUT2D eigenvalue weighted by Gasteiger charge is 2.32. The van der Waals surface area contributed by atoms with Gasteiger partial charge >= 0.3 is 0 Å². The first-order chi connectivity index (χ1) is 7.55. The molecule has 0 aliphatic heterocycles. The van der Waals surface area contributed by atoms with E-state index in [2.05, 4.69) is 11.9 Å². The molecule has 1 aromatic rings. The van der Waals surface area contributed by atoms with Crippen LogP contribution in [-0.4, -0.2) is 17.2 Å². The zero-order valence-electron chi connectivity index (χ0n) is 10.2. The quantitative estimate of drug-likeness (QED) is 0.799. The van der Waals surface area contributed by atoms with E-state index in [1.54, 1.807) is 6.20 Å². The number of aromatic nitrogens is 1. The van der Waals surface area contributed by atoms with Gasteiger partial charge < -0.3 is 16.2 Å². The van der Waals surface area contributed by atoms with Gasteiger partial charge in [-0.15, -0.1) is 0 Å². The molecule has 0 aliphatic carbocycles. The van der Waals surface area contributed by atoms with Gasteiger partial charge in [-0.2, -0.15) is 0 Å². The summed E-state index contributed by atoms with van der Waals surface area (Å²) in [6.07, 6.45) is 2.49. The highest BCUT2D eigenvalue weighted by atomic mass is 16.5. The minimum absolute atomic E-state index is 0.258. The van der Waals surface area contributed by atoms with Crippen molar-refractivity contribution in [2.75, 3.05) is 12.3 Å². The van der Waals surface area contributed by atoms with Crippen molar-refractivity contribution in [3.05, 3.63) is 23.9 Å². The van der Waals surface area contributed by atoms with Crippen molar-refractivity contribution >= 4 is 5.82 Å². The minimum atomic E-state index is -0.397. The Morgan fingerprint density at radius 1 is 1.50 bits per heavy atom. The molecule has 1 rings (SSSR count). The molecule has 0 saturated heterocycles. The number of ether oxygens (including phenoxy) is 1. The maximum absolute atomic E-state index is 6.23. The van der Waals surface area contributed by atoms with Crippen molar-refractivity contribution < 1.29 is 4.74 Å². The molecule has 2 atom stereocenters. The summed E-state index contributed by atoms with van der Waals surface area (Å²) in [5.41, 5.74) is 12.5. The minimum Gasteiger partial charge on any atom is -0.383 e. The van der Waals surface area contributed by atoms with Crippen LogP contribution in [-0.2, 0) is 4.74 Å². The van der Waals surface area contributed by atoms with Gasteiger partial charge in [0.05, 0.1) is 11.6 Å². The first-order valence-electron chi connectivity index (χ1n) is 5.65. The summed E-state index contributed by atoms with van der Waals surface area (Å²) in [6.45, 7) is 6.67. The largest absolute Gasteiger partial charge is 0.383 e. The Hall–Kier alpha value is -1.13. The third-order valence-corrected chi connectivity index (χ3v) is 3.04. The monoisotopic (exact) mass is 223 g/mol. The summed E-state index contributed by atoms with van der Waals surface area (Å²) in [7, 11) is 0. The van der Waals surface area contributed by atoms with E-state index in [9.17, 15) is 0 Å². The van der Waals surface area contributed by atoms with E-state index in [0.717, 1.165) is 12.0 Å². The summed E-state index contributed by atoms with van der Waals surface area (Å²) in [4.78, 5) is 4.05. The molecular weight excluding hydrogens is 202 g/mol. The lowest BCUT2D eigenvalue weighted by molar-refractivity contribution is -0.0471. The zero-order chi connectivity index (χ0) is 12.2. The molecule has 0 amide bonds. The molecule has 16 heavy (non-hydrogen) atoms. The number of hydrogen-bond donors (Lipinski definition) is 2. The van der Waals surface area contributed by atoms with Crippen LogP contribution in [0.15, 0.2) is 18.3 Å². The molecule has 0 radical (unpaired) electrons. The summed E-state index contributed by atoms with van der Waals surface area (Å²) in [5.74, 6) is 0.481. The Bertz CT molecular complexity index is 343. The van der Waals surface area contributed by atoms with Crippen LogP contribution >= 0.6 is 0 Å². The SMILES string of the molecule is CCOC(C)(CC)C(N)c1cccnc1N. The van der Waals surface area contributed by atoms with Crippen molar-refractivity contribution in [3.8, 4) is 0 Å². The Balaban J connectivity index is 2.99. The van der Waals surface area contributed by atoms with Crippen LogP contribution in [0, 0.1) is 0 Å². The molecule has 1 aromatic heterocycles. The zero-order valence-corrected chi connectivity index (χ0v) is 10.2. The van der Waals surface area contributed by atoms with Gasteiger partial charge in [-0.1, -0.05) is 13.0 Å². The van der Waals surface area contributed by atoms with Gasteiger partial charge in [-0.25, -0.2) is 4.98 Å². The van der Waals surface area contributed by atoms with Crippen molar-refractivity contribution in [1.82, 2.24) is 4.98 Å². The molecule has 4 N–H and O–H groups in total. The Morgan fingerprint density at radius 3 is 2.69 bits per heavy atom. The van der Waals surface area contributed by atoms with Crippen molar-refractivity contribution in [2.45, 2.75) is 38.8 Å². The predicted octanol–water partition coefficient (Wildman–Crippen LogP) is 1.87. The number of hydrogen-bond acceptors (Lipinski definition) is 4. The third kappa shape index (κ3) is 2.51. The molecule has 90 valence electrons. The second kappa shape index (κ2) is 5.27. The third-order valence-electron chi connectivity index (χ3n) is 3.04. The summed E-state index contributed by atoms with van der Waals surface area (Å²) < 4.78 is 5.74. The number of rotatable bonds is 5. The molecule has 2 unspecified atom stereocenters. The lowest BCUT2D eigenvalue weighted by Gasteiger charge is -2.34. The number of anilines is 1. The van der Waals surface area contributed by atoms with Crippen LogP contribution in [0.2, 0.25) is 0 Å². The number of nitrogen functional groups attached to an aromatic ring is 1. The van der Waals surface area contributed by atoms with Gasteiger partial charge in [-0.05, 0) is 26.3 Å². The number of nitrogens with zero attached hydrogens (tertiary/aromatic N) is 1. The first-order valence-corrected chi connectivity index (χ1v) is 5.65. The molecule has 0 aromatic carbocycles. The molecule has 0 bridgehead atoms. The highest BCUT2D eigenvalue weighted by Crippen LogP contribution is 2.31. The lowest BCUT2D eigenvalue weighted by atomic mass is 9.88. The van der Waals surface area contributed by atoms with Gasteiger partial charge in [0.25, 0.3) is 0 Å². The lowest BCUT2D eigenvalue weighted by Crippen LogP contribution is -2.41. The molecule has 4 heteroatoms. The maximum Gasteiger partial charge on any atom is 0.128 e. The van der Waals surface area contributed by atoms with Crippen LogP contribution in [0.4, 0.5) is 5.82 Å². The standard InChI is InChI=1S/C12H21N3O/c1-4-12(3,16-5-2)10(13)9-7-6-8-15-11(9)14/h6-8,10H,4-5,13H2,1-3H3,(H2,14,15). The van der Waals surface area contributed by atoms with Crippen molar-refractivity contribution in [3.63, 3.8) is 0 Å². The van der Waals surface area contributed by atoms with E-state index < -0.39 is 5.60 Å². The number of pyridine rings is 1. The average Bonchev–Trinajstić information content (AvgIpc) is 2.29. The maximum atomic E-state index is 6.23. The van der Waals surface area contributed by atoms with Gasteiger partial charge in [0.1, 0.15) is 5.82 Å². The predicted molar refractivity (Wildman–Crippen MR) is 65.9 cm³/mol. The van der Waals surface area contributed by atoms with E-state index in [1.165, 1.54) is 0 Å². The molecule has 0 spiro atoms. The van der Waals surface area contributed by atoms with Gasteiger partial charge in [0.15, 0.2) is 0 Å². The Labute approximate surface area is 97.0 Å². The normalized spacial score (nSPS) is 16.8. The fraction of sp³-hybridized carbons (Fsp3) is 0.583. The first kappa shape index (κ1) is 12.9. The smallest absolute Gasteiger partial charge is 0.128 e. The van der Waals surface area contributed by atoms with Crippen molar-refractivity contribution in [2.24, 2.45) is 5.73 Å². The molecule has 1 heterocycles. The van der Waals surface area contributed by atoms with Gasteiger partial charge in [-0.3, -0.25) is 0 Å². The van der Waals surface area contributed by atoms with E-state index >= 15 is 0 Å². The van der Waals surface area contributed by atoms with E-state index in [4.69, 9.17) is 16.2 Å². The summed E-state index contributed by atoms with van der Waals surface area (Å²) in [5, 5.41) is 0. The molecule has 0 saturated carbocycles. The van der Waals surface area contributed by atoms with E-state index in [-0.39, 0.29) is 6.04 Å². The van der Waals surface area contributed by atoms with Gasteiger partial charge in [0.2, 0.25) is 0 Å². The van der Waals surface area contributed by atoms with Gasteiger partial charge in [0, 0.05) is 18.4 Å².